The van der Waals surface area contributed by atoms with Crippen LogP contribution >= 0.6 is 0 Å². The first-order valence-electron chi connectivity index (χ1n) is 12.2. The molecule has 38 heavy (non-hydrogen) atoms. The summed E-state index contributed by atoms with van der Waals surface area (Å²) in [5.74, 6) is -0.494. The molecule has 22 heteroatoms. The van der Waals surface area contributed by atoms with E-state index in [-0.39, 0.29) is 12.1 Å². The Morgan fingerprint density at radius 3 is 1.55 bits per heavy atom. The van der Waals surface area contributed by atoms with Gasteiger partial charge in [0, 0.05) is 51.9 Å². The highest BCUT2D eigenvalue weighted by Gasteiger charge is 2.72. The van der Waals surface area contributed by atoms with Gasteiger partial charge in [0.2, 0.25) is 0 Å². The highest BCUT2D eigenvalue weighted by molar-refractivity contribution is 6.98. The Hall–Kier alpha value is 0.465. The number of esters is 1. The largest absolute Gasteiger partial charge is 0.480 e. The van der Waals surface area contributed by atoms with Gasteiger partial charge in [0.05, 0.1) is 6.61 Å². The van der Waals surface area contributed by atoms with Crippen LogP contribution in [-0.4, -0.2) is 92.1 Å². The quantitative estimate of drug-likeness (QED) is 0.228. The third kappa shape index (κ3) is 8.27. The molecular weight excluding hydrogens is 641 g/mol. The monoisotopic (exact) mass is 680 g/mol. The molecule has 3 aliphatic heterocycles. The second-order valence-electron chi connectivity index (χ2n) is 10.8. The van der Waals surface area contributed by atoms with E-state index in [9.17, 15) is 14.4 Å². The molecule has 5 unspecified atom stereocenters. The third-order valence-electron chi connectivity index (χ3n) is 5.95. The van der Waals surface area contributed by atoms with E-state index in [0.717, 1.165) is 6.08 Å². The summed E-state index contributed by atoms with van der Waals surface area (Å²) in [6, 6.07) is 0. The van der Waals surface area contributed by atoms with Gasteiger partial charge in [-0.1, -0.05) is 13.5 Å². The molecule has 3 saturated heterocycles. The number of carbonyl (C=O) groups excluding carboxylic acids is 1. The molecule has 0 aromatic rings. The van der Waals surface area contributed by atoms with Gasteiger partial charge in [0.1, 0.15) is 0 Å². The lowest BCUT2D eigenvalue weighted by Crippen LogP contribution is -2.80. The van der Waals surface area contributed by atoms with Crippen molar-refractivity contribution in [3.05, 3.63) is 12.7 Å². The molecule has 0 radical (unpaired) electrons. The highest BCUT2D eigenvalue weighted by Crippen LogP contribution is 2.42. The van der Waals surface area contributed by atoms with Gasteiger partial charge in [-0.3, -0.25) is 0 Å². The number of hydrogen-bond donors (Lipinski definition) is 2. The minimum atomic E-state index is -3.99. The average molecular weight is 681 g/mol. The van der Waals surface area contributed by atoms with Crippen molar-refractivity contribution in [3.8, 4) is 0 Å². The highest BCUT2D eigenvalue weighted by atomic mass is 28.6. The molecule has 0 aromatic carbocycles. The van der Waals surface area contributed by atoms with Gasteiger partial charge >= 0.3 is 67.6 Å². The van der Waals surface area contributed by atoms with Crippen molar-refractivity contribution in [1.29, 1.82) is 0 Å². The molecule has 3 fully saturated rings. The first kappa shape index (κ1) is 33.0. The molecule has 14 nitrogen and oxygen atoms in total. The van der Waals surface area contributed by atoms with E-state index in [1.165, 1.54) is 19.6 Å². The Morgan fingerprint density at radius 2 is 1.16 bits per heavy atom. The van der Waals surface area contributed by atoms with Gasteiger partial charge in [0.15, 0.2) is 8.32 Å². The van der Waals surface area contributed by atoms with E-state index in [4.69, 9.17) is 45.9 Å². The van der Waals surface area contributed by atoms with Crippen molar-refractivity contribution in [1.82, 2.24) is 0 Å². The molecular formula is C16H40O14Si8. The fourth-order valence-corrected chi connectivity index (χ4v) is 43.9. The first-order valence-corrected chi connectivity index (χ1v) is 30.8. The third-order valence-corrected chi connectivity index (χ3v) is 39.0. The van der Waals surface area contributed by atoms with Crippen LogP contribution in [0.4, 0.5) is 0 Å². The van der Waals surface area contributed by atoms with Gasteiger partial charge in [-0.15, -0.1) is 0 Å². The van der Waals surface area contributed by atoms with Crippen LogP contribution in [0.25, 0.3) is 0 Å². The number of hydrogen-bond acceptors (Lipinski definition) is 14. The van der Waals surface area contributed by atoms with E-state index >= 15 is 0 Å². The van der Waals surface area contributed by atoms with Gasteiger partial charge in [-0.25, -0.2) is 4.79 Å². The number of ether oxygens (including phenoxy) is 1. The summed E-state index contributed by atoms with van der Waals surface area (Å²) in [5, 5.41) is 0. The minimum absolute atomic E-state index is 0.000631. The zero-order chi connectivity index (χ0) is 29.1. The lowest BCUT2D eigenvalue weighted by Gasteiger charge is -2.54. The van der Waals surface area contributed by atoms with Gasteiger partial charge in [0.25, 0.3) is 0 Å². The van der Waals surface area contributed by atoms with Crippen LogP contribution in [0.2, 0.25) is 64.5 Å². The maximum absolute atomic E-state index is 11.5. The van der Waals surface area contributed by atoms with Crippen molar-refractivity contribution >= 4 is 75.9 Å². The maximum atomic E-state index is 11.5. The van der Waals surface area contributed by atoms with Crippen molar-refractivity contribution in [2.45, 2.75) is 77.8 Å². The van der Waals surface area contributed by atoms with E-state index in [1.54, 1.807) is 26.2 Å². The molecule has 4 bridgehead atoms. The second-order valence-corrected chi connectivity index (χ2v) is 35.4. The van der Waals surface area contributed by atoms with E-state index in [0.29, 0.717) is 6.42 Å². The van der Waals surface area contributed by atoms with E-state index in [1.807, 2.05) is 20.0 Å². The van der Waals surface area contributed by atoms with Gasteiger partial charge in [-0.2, -0.15) is 0 Å². The fraction of sp³-hybridized carbons (Fsp3) is 0.812. The molecule has 0 spiro atoms. The molecule has 2 N–H and O–H groups in total. The number of rotatable bonds is 7. The molecule has 3 heterocycles. The maximum Gasteiger partial charge on any atom is 0.480 e. The molecule has 0 amide bonds. The summed E-state index contributed by atoms with van der Waals surface area (Å²) in [6.45, 7) is 20.4. The first-order chi connectivity index (χ1) is 16.9. The molecule has 3 aliphatic rings. The van der Waals surface area contributed by atoms with Crippen LogP contribution in [0.3, 0.4) is 0 Å². The predicted molar refractivity (Wildman–Crippen MR) is 149 cm³/mol. The molecule has 3 rings (SSSR count). The zero-order valence-electron chi connectivity index (χ0n) is 23.6. The summed E-state index contributed by atoms with van der Waals surface area (Å²) in [5.41, 5.74) is 0.000631. The van der Waals surface area contributed by atoms with Crippen LogP contribution < -0.4 is 0 Å². The normalized spacial score (nSPS) is 46.6. The SMILES string of the molecule is C=CC(=O)OCCC(C)[Si](C)(C)O[Si]1(C)O[Si]2(C)O[Si](C)(O)O[Si]3(C)O[Si](C)(O)O[Si](C)(O[Si](C)(O3)O2)O1. The summed E-state index contributed by atoms with van der Waals surface area (Å²) in [7, 11) is -29.4. The standard InChI is InChI=1S/C16H40O14Si8/c1-12-16(17)20-14-13-15(2)31(3,4)21-34(7)26-36(9)24-32(5,18)22-35(8)23-33(6,19)25-37(10,27-34)30-38(11,28-35)29-36/h12,15,18-19H,1,13-14H2,2-11H3. The summed E-state index contributed by atoms with van der Waals surface area (Å²) < 4.78 is 68.1. The Kier molecular flexibility index (Phi) is 9.22. The Bertz CT molecular complexity index is 900. The molecule has 0 aromatic heterocycles. The average Bonchev–Trinajstić information content (AvgIpc) is 2.59. The van der Waals surface area contributed by atoms with Crippen LogP contribution in [-0.2, 0) is 50.7 Å². The van der Waals surface area contributed by atoms with Gasteiger partial charge < -0.3 is 55.5 Å². The van der Waals surface area contributed by atoms with Crippen LogP contribution in [0, 0.1) is 0 Å². The Morgan fingerprint density at radius 1 is 0.789 bits per heavy atom. The Balaban J connectivity index is 2.00. The molecule has 220 valence electrons. The lowest BCUT2D eigenvalue weighted by atomic mass is 10.3. The number of fused-ring (bicyclic) bond motifs is 3. The minimum Gasteiger partial charge on any atom is -0.463 e. The van der Waals surface area contributed by atoms with Crippen molar-refractivity contribution < 1.29 is 60.3 Å². The smallest absolute Gasteiger partial charge is 0.463 e. The topological polar surface area (TPSA) is 159 Å². The Labute approximate surface area is 232 Å². The molecule has 0 aliphatic carbocycles. The fourth-order valence-electron chi connectivity index (χ4n) is 4.74. The van der Waals surface area contributed by atoms with Crippen LogP contribution in [0.15, 0.2) is 12.7 Å². The summed E-state index contributed by atoms with van der Waals surface area (Å²) in [4.78, 5) is 33.8. The van der Waals surface area contributed by atoms with Crippen molar-refractivity contribution in [2.24, 2.45) is 0 Å². The van der Waals surface area contributed by atoms with Crippen LogP contribution in [0.1, 0.15) is 13.3 Å². The summed E-state index contributed by atoms with van der Waals surface area (Å²) >= 11 is 0. The second kappa shape index (κ2) is 10.6. The van der Waals surface area contributed by atoms with Gasteiger partial charge in [-0.05, 0) is 25.1 Å². The van der Waals surface area contributed by atoms with Crippen molar-refractivity contribution in [3.63, 3.8) is 0 Å². The predicted octanol–water partition coefficient (Wildman–Crippen LogP) is 1.87. The molecule has 0 saturated carbocycles. The van der Waals surface area contributed by atoms with Crippen LogP contribution in [0.5, 0.6) is 0 Å². The van der Waals surface area contributed by atoms with Crippen molar-refractivity contribution in [2.75, 3.05) is 6.61 Å². The van der Waals surface area contributed by atoms with E-state index < -0.39 is 75.9 Å². The zero-order valence-corrected chi connectivity index (χ0v) is 31.6. The lowest BCUT2D eigenvalue weighted by molar-refractivity contribution is -0.137. The molecule has 5 atom stereocenters. The number of carbonyl (C=O) groups is 1. The van der Waals surface area contributed by atoms with E-state index in [2.05, 4.69) is 6.58 Å². The summed E-state index contributed by atoms with van der Waals surface area (Å²) in [6.07, 6.45) is 1.66.